The highest BCUT2D eigenvalue weighted by atomic mass is 31.3. The van der Waals surface area contributed by atoms with Crippen molar-refractivity contribution in [3.63, 3.8) is 0 Å². The van der Waals surface area contributed by atoms with Gasteiger partial charge in [-0.3, -0.25) is 9.69 Å². The molecule has 0 spiro atoms. The zero-order valence-electron chi connectivity index (χ0n) is 11.7. The molecule has 140 valence electrons. The summed E-state index contributed by atoms with van der Waals surface area (Å²) in [5, 5.41) is 2.53. The second-order valence-electron chi connectivity index (χ2n) is 4.13. The predicted octanol–water partition coefficient (Wildman–Crippen LogP) is -1.29. The van der Waals surface area contributed by atoms with Crippen LogP contribution in [-0.4, -0.2) is 42.0 Å². The molecule has 0 aromatic carbocycles. The molecule has 16 nitrogen and oxygen atoms in total. The fraction of sp³-hybridized carbons (Fsp3) is 0.167. The summed E-state index contributed by atoms with van der Waals surface area (Å²) < 4.78 is 45.4. The molecule has 0 aliphatic carbocycles. The van der Waals surface area contributed by atoms with Gasteiger partial charge in [-0.1, -0.05) is 0 Å². The van der Waals surface area contributed by atoms with Gasteiger partial charge in [0.05, 0.1) is 6.54 Å². The minimum atomic E-state index is -5.71. The van der Waals surface area contributed by atoms with E-state index in [1.54, 1.807) is 0 Å². The van der Waals surface area contributed by atoms with Crippen LogP contribution in [0.15, 0.2) is 9.79 Å². The number of nitrogen functional groups attached to an aromatic ring is 1. The molecule has 2 atom stereocenters. The van der Waals surface area contributed by atoms with Crippen molar-refractivity contribution in [1.29, 1.82) is 0 Å². The molecule has 1 aliphatic heterocycles. The Kier molecular flexibility index (Phi) is 5.21. The van der Waals surface area contributed by atoms with E-state index in [-0.39, 0.29) is 22.8 Å². The van der Waals surface area contributed by atoms with Gasteiger partial charge in [0.2, 0.25) is 5.95 Å². The maximum absolute atomic E-state index is 11.8. The summed E-state index contributed by atoms with van der Waals surface area (Å²) in [7, 11) is -16.8. The first kappa shape index (κ1) is 19.7. The number of aromatic nitrogens is 2. The topological polar surface area (TPSA) is 245 Å². The molecule has 0 amide bonds. The van der Waals surface area contributed by atoms with E-state index in [1.807, 2.05) is 0 Å². The van der Waals surface area contributed by atoms with Crippen LogP contribution in [0.2, 0.25) is 0 Å². The zero-order chi connectivity index (χ0) is 19.0. The molecule has 1 aromatic heterocycles. The Morgan fingerprint density at radius 3 is 2.40 bits per heavy atom. The fourth-order valence-electron chi connectivity index (χ4n) is 1.55. The normalized spacial score (nSPS) is 18.6. The van der Waals surface area contributed by atoms with Crippen molar-refractivity contribution in [3.8, 4) is 0 Å². The summed E-state index contributed by atoms with van der Waals surface area (Å²) in [6.07, 6.45) is 1.27. The molecular formula is C6H10N5O11P3. The molecule has 0 saturated heterocycles. The number of hydrogen-bond donors (Lipinski definition) is 6. The van der Waals surface area contributed by atoms with Crippen LogP contribution in [-0.2, 0) is 22.3 Å². The van der Waals surface area contributed by atoms with Crippen molar-refractivity contribution >= 4 is 47.1 Å². The van der Waals surface area contributed by atoms with Gasteiger partial charge in [0.15, 0.2) is 11.5 Å². The Labute approximate surface area is 137 Å². The Morgan fingerprint density at radius 1 is 1.16 bits per heavy atom. The number of nitrogens with one attached hydrogen (secondary N) is 1. The molecule has 2 unspecified atom stereocenters. The van der Waals surface area contributed by atoms with Crippen molar-refractivity contribution in [1.82, 2.24) is 9.71 Å². The van der Waals surface area contributed by atoms with Gasteiger partial charge >= 0.3 is 29.0 Å². The Hall–Kier alpha value is -1.60. The Balaban J connectivity index is 2.34. The fourth-order valence-corrected chi connectivity index (χ4v) is 4.54. The number of hydrogen-bond acceptors (Lipinski definition) is 11. The van der Waals surface area contributed by atoms with Crippen molar-refractivity contribution in [2.75, 3.05) is 17.6 Å². The van der Waals surface area contributed by atoms with E-state index in [0.29, 0.717) is 0 Å². The molecule has 0 radical (unpaired) electrons. The molecule has 19 heteroatoms. The Morgan fingerprint density at radius 2 is 1.80 bits per heavy atom. The molecule has 7 N–H and O–H groups in total. The largest absolute Gasteiger partial charge is 0.555 e. The smallest absolute Gasteiger partial charge is 0.367 e. The van der Waals surface area contributed by atoms with Crippen LogP contribution in [0.25, 0.3) is 0 Å². The summed E-state index contributed by atoms with van der Waals surface area (Å²) in [6.45, 7) is 0.0651. The highest BCUT2D eigenvalue weighted by molar-refractivity contribution is 7.66. The summed E-state index contributed by atoms with van der Waals surface area (Å²) >= 11 is 0. The average molecular weight is 421 g/mol. The number of nitrogens with zero attached hydrogens (tertiary/aromatic N) is 3. The summed E-state index contributed by atoms with van der Waals surface area (Å²) in [6, 6.07) is 0. The van der Waals surface area contributed by atoms with E-state index in [4.69, 9.17) is 20.4 Å². The van der Waals surface area contributed by atoms with Crippen LogP contribution in [0, 0.1) is 0 Å². The van der Waals surface area contributed by atoms with E-state index < -0.39 is 35.0 Å². The SMILES string of the molecule is Nc1nc(=O)c2c(n1OP(=O)(O)OP(=O)(O)OP(=O)(O)O)NCC=N2. The Bertz CT molecular complexity index is 920. The highest BCUT2D eigenvalue weighted by Gasteiger charge is 2.42. The third-order valence-corrected chi connectivity index (χ3v) is 5.93. The molecule has 25 heavy (non-hydrogen) atoms. The van der Waals surface area contributed by atoms with Gasteiger partial charge in [0.25, 0.3) is 0 Å². The van der Waals surface area contributed by atoms with Gasteiger partial charge in [-0.05, 0) is 0 Å². The molecule has 1 aliphatic rings. The lowest BCUT2D eigenvalue weighted by molar-refractivity contribution is 0.162. The molecule has 0 saturated carbocycles. The van der Waals surface area contributed by atoms with Gasteiger partial charge in [-0.25, -0.2) is 18.7 Å². The van der Waals surface area contributed by atoms with Crippen LogP contribution in [0.1, 0.15) is 0 Å². The average Bonchev–Trinajstić information content (AvgIpc) is 2.39. The quantitative estimate of drug-likeness (QED) is 0.293. The van der Waals surface area contributed by atoms with Gasteiger partial charge in [0, 0.05) is 6.21 Å². The lowest BCUT2D eigenvalue weighted by Gasteiger charge is -2.21. The first-order chi connectivity index (χ1) is 11.3. The second kappa shape index (κ2) is 6.61. The van der Waals surface area contributed by atoms with E-state index in [0.717, 1.165) is 0 Å². The third-order valence-electron chi connectivity index (χ3n) is 2.24. The summed E-state index contributed by atoms with van der Waals surface area (Å²) in [4.78, 5) is 54.0. The van der Waals surface area contributed by atoms with E-state index >= 15 is 0 Å². The van der Waals surface area contributed by atoms with Crippen molar-refractivity contribution in [2.45, 2.75) is 0 Å². The summed E-state index contributed by atoms with van der Waals surface area (Å²) in [5.41, 5.74) is 4.13. The zero-order valence-corrected chi connectivity index (χ0v) is 14.4. The van der Waals surface area contributed by atoms with Gasteiger partial charge in [0.1, 0.15) is 0 Å². The third kappa shape index (κ3) is 5.19. The number of anilines is 2. The van der Waals surface area contributed by atoms with Crippen molar-refractivity contribution in [3.05, 3.63) is 10.4 Å². The molecule has 2 rings (SSSR count). The number of phosphoric acid groups is 3. The molecule has 0 bridgehead atoms. The number of nitrogens with two attached hydrogens (primary N) is 1. The van der Waals surface area contributed by atoms with Crippen LogP contribution < -0.4 is 21.2 Å². The van der Waals surface area contributed by atoms with Crippen molar-refractivity contribution < 1.29 is 46.5 Å². The van der Waals surface area contributed by atoms with E-state index in [1.165, 1.54) is 6.21 Å². The lowest BCUT2D eigenvalue weighted by atomic mass is 10.4. The monoisotopic (exact) mass is 421 g/mol. The minimum absolute atomic E-state index is 0.0651. The van der Waals surface area contributed by atoms with Gasteiger partial charge in [-0.2, -0.15) is 13.6 Å². The molecule has 1 aromatic rings. The van der Waals surface area contributed by atoms with Gasteiger partial charge in [-0.15, -0.1) is 4.73 Å². The minimum Gasteiger partial charge on any atom is -0.367 e. The standard InChI is InChI=1S/C6H10N5O11P3/c7-6-10-5(12)3-4(9-2-1-8-3)11(6)20-24(16,17)22-25(18,19)21-23(13,14)15/h1,9H,2H2,(H,16,17)(H,18,19)(H2,7,10,12)(H2,13,14,15). The van der Waals surface area contributed by atoms with Crippen LogP contribution >= 0.6 is 23.5 Å². The molecular weight excluding hydrogens is 411 g/mol. The van der Waals surface area contributed by atoms with E-state index in [9.17, 15) is 23.4 Å². The van der Waals surface area contributed by atoms with Crippen molar-refractivity contribution in [2.24, 2.45) is 4.99 Å². The predicted molar refractivity (Wildman–Crippen MR) is 80.0 cm³/mol. The second-order valence-corrected chi connectivity index (χ2v) is 8.46. The highest BCUT2D eigenvalue weighted by Crippen LogP contribution is 2.65. The molecule has 0 fully saturated rings. The number of rotatable bonds is 6. The van der Waals surface area contributed by atoms with E-state index in [2.05, 4.69) is 28.5 Å². The van der Waals surface area contributed by atoms with Crippen LogP contribution in [0.5, 0.6) is 0 Å². The number of aliphatic imine (C=N–C) groups is 1. The molecule has 2 heterocycles. The lowest BCUT2D eigenvalue weighted by Crippen LogP contribution is -2.27. The maximum atomic E-state index is 11.8. The first-order valence-corrected chi connectivity index (χ1v) is 10.3. The van der Waals surface area contributed by atoms with Crippen LogP contribution in [0.4, 0.5) is 17.5 Å². The first-order valence-electron chi connectivity index (χ1n) is 5.82. The summed E-state index contributed by atoms with van der Waals surface area (Å²) in [5.74, 6) is -1.07. The van der Waals surface area contributed by atoms with Gasteiger partial charge < -0.3 is 30.4 Å². The maximum Gasteiger partial charge on any atom is 0.555 e. The van der Waals surface area contributed by atoms with Crippen LogP contribution in [0.3, 0.4) is 0 Å². The number of fused-ring (bicyclic) bond motifs is 1.